The third-order valence-corrected chi connectivity index (χ3v) is 10.4. The highest BCUT2D eigenvalue weighted by atomic mass is 31.2. The number of aliphatic carboxylic acids is 1. The van der Waals surface area contributed by atoms with E-state index in [9.17, 15) is 23.8 Å². The van der Waals surface area contributed by atoms with Crippen LogP contribution in [-0.2, 0) is 37.5 Å². The van der Waals surface area contributed by atoms with E-state index in [1.54, 1.807) is 0 Å². The topological polar surface area (TPSA) is 172 Å². The van der Waals surface area contributed by atoms with Crippen LogP contribution in [0.25, 0.3) is 0 Å². The summed E-state index contributed by atoms with van der Waals surface area (Å²) in [6.45, 7) is 2.78. The summed E-state index contributed by atoms with van der Waals surface area (Å²) >= 11 is 0. The molecule has 3 atom stereocenters. The number of unbranched alkanes of at least 4 members (excludes halogenated alkanes) is 23. The first-order valence-electron chi connectivity index (χ1n) is 21.9. The number of carbonyl (C=O) groups excluding carboxylic acids is 2. The molecule has 0 aromatic heterocycles. The van der Waals surface area contributed by atoms with E-state index in [-0.39, 0.29) is 19.4 Å². The Labute approximate surface area is 334 Å². The monoisotopic (exact) mass is 802 g/mol. The number of hydrogen-bond donors (Lipinski definition) is 3. The molecule has 0 aromatic rings. The second-order valence-electron chi connectivity index (χ2n) is 14.8. The Balaban J connectivity index is 4.28. The van der Waals surface area contributed by atoms with Gasteiger partial charge in [0.05, 0.1) is 13.2 Å². The van der Waals surface area contributed by atoms with Gasteiger partial charge in [-0.1, -0.05) is 167 Å². The molecule has 3 unspecified atom stereocenters. The van der Waals surface area contributed by atoms with Crippen molar-refractivity contribution >= 4 is 25.7 Å². The number of phosphoric acid groups is 1. The van der Waals surface area contributed by atoms with Crippen molar-refractivity contribution in [3.05, 3.63) is 24.3 Å². The molecule has 0 radical (unpaired) electrons. The molecule has 0 aromatic carbocycles. The molecule has 0 saturated carbocycles. The van der Waals surface area contributed by atoms with E-state index in [0.29, 0.717) is 12.8 Å². The SMILES string of the molecule is CCCCCCC/C=C\C/C=C\CCCCCCCCCCCC(=O)OC(COC(=O)CCCCCCCCCCCC)COP(=O)(O)OCC(N)C(=O)O. The number of esters is 2. The molecule has 0 saturated heterocycles. The highest BCUT2D eigenvalue weighted by Gasteiger charge is 2.28. The summed E-state index contributed by atoms with van der Waals surface area (Å²) in [6, 6.07) is -1.52. The highest BCUT2D eigenvalue weighted by Crippen LogP contribution is 2.43. The molecular formula is C43H80NO10P. The number of phosphoric ester groups is 1. The Bertz CT molecular complexity index is 1040. The number of carbonyl (C=O) groups is 3. The number of carboxylic acids is 1. The third kappa shape index (κ3) is 38.6. The van der Waals surface area contributed by atoms with Crippen molar-refractivity contribution in [1.29, 1.82) is 0 Å². The van der Waals surface area contributed by atoms with Gasteiger partial charge in [-0.05, 0) is 44.9 Å². The van der Waals surface area contributed by atoms with Gasteiger partial charge in [-0.2, -0.15) is 0 Å². The zero-order valence-corrected chi connectivity index (χ0v) is 35.7. The summed E-state index contributed by atoms with van der Waals surface area (Å²) in [5, 5.41) is 8.88. The van der Waals surface area contributed by atoms with Crippen molar-refractivity contribution in [2.24, 2.45) is 5.73 Å². The summed E-state index contributed by atoms with van der Waals surface area (Å²) < 4.78 is 32.6. The van der Waals surface area contributed by atoms with Crippen molar-refractivity contribution in [2.45, 2.75) is 212 Å². The van der Waals surface area contributed by atoms with Crippen LogP contribution in [0.3, 0.4) is 0 Å². The van der Waals surface area contributed by atoms with Gasteiger partial charge in [0.2, 0.25) is 0 Å². The molecule has 0 amide bonds. The average Bonchev–Trinajstić information content (AvgIpc) is 3.16. The van der Waals surface area contributed by atoms with E-state index in [1.807, 2.05) is 0 Å². The van der Waals surface area contributed by atoms with E-state index < -0.39 is 51.1 Å². The molecule has 11 nitrogen and oxygen atoms in total. The molecule has 322 valence electrons. The predicted octanol–water partition coefficient (Wildman–Crippen LogP) is 11.5. The van der Waals surface area contributed by atoms with E-state index in [4.69, 9.17) is 24.8 Å². The van der Waals surface area contributed by atoms with Crippen LogP contribution in [-0.4, -0.2) is 59.9 Å². The second-order valence-corrected chi connectivity index (χ2v) is 16.3. The van der Waals surface area contributed by atoms with Gasteiger partial charge in [0.15, 0.2) is 6.10 Å². The molecule has 0 aliphatic heterocycles. The van der Waals surface area contributed by atoms with Crippen molar-refractivity contribution in [1.82, 2.24) is 0 Å². The fraction of sp³-hybridized carbons (Fsp3) is 0.837. The molecule has 0 heterocycles. The lowest BCUT2D eigenvalue weighted by Gasteiger charge is -2.20. The van der Waals surface area contributed by atoms with E-state index >= 15 is 0 Å². The Kier molecular flexibility index (Phi) is 37.4. The van der Waals surface area contributed by atoms with Gasteiger partial charge in [0.25, 0.3) is 0 Å². The smallest absolute Gasteiger partial charge is 0.472 e. The molecule has 0 fully saturated rings. The van der Waals surface area contributed by atoms with Gasteiger partial charge < -0.3 is 25.2 Å². The van der Waals surface area contributed by atoms with Gasteiger partial charge in [-0.3, -0.25) is 23.4 Å². The van der Waals surface area contributed by atoms with Crippen LogP contribution < -0.4 is 5.73 Å². The zero-order valence-electron chi connectivity index (χ0n) is 34.8. The molecule has 4 N–H and O–H groups in total. The molecule has 0 spiro atoms. The van der Waals surface area contributed by atoms with Crippen LogP contribution in [0.2, 0.25) is 0 Å². The zero-order chi connectivity index (χ0) is 40.7. The predicted molar refractivity (Wildman–Crippen MR) is 222 cm³/mol. The van der Waals surface area contributed by atoms with Crippen LogP contribution in [0, 0.1) is 0 Å². The molecule has 55 heavy (non-hydrogen) atoms. The van der Waals surface area contributed by atoms with E-state index in [1.165, 1.54) is 109 Å². The standard InChI is InChI=1S/C43H80NO10P/c1-3-5-7-9-11-13-15-16-17-18-19-20-21-22-23-24-25-27-29-31-33-35-42(46)54-39(37-52-55(49,50)53-38-40(44)43(47)48)36-51-41(45)34-32-30-28-26-14-12-10-8-6-4-2/h15-16,18-19,39-40H,3-14,17,20-38,44H2,1-2H3,(H,47,48)(H,49,50)/b16-15-,19-18-. The number of ether oxygens (including phenoxy) is 2. The lowest BCUT2D eigenvalue weighted by atomic mass is 10.1. The molecule has 0 aliphatic carbocycles. The van der Waals surface area contributed by atoms with E-state index in [0.717, 1.165) is 51.4 Å². The first-order valence-corrected chi connectivity index (χ1v) is 23.4. The number of allylic oxidation sites excluding steroid dienone is 4. The van der Waals surface area contributed by atoms with Gasteiger partial charge in [-0.25, -0.2) is 4.57 Å². The summed E-state index contributed by atoms with van der Waals surface area (Å²) in [4.78, 5) is 45.8. The minimum absolute atomic E-state index is 0.159. The summed E-state index contributed by atoms with van der Waals surface area (Å²) in [5.74, 6) is -2.38. The van der Waals surface area contributed by atoms with Crippen molar-refractivity contribution in [3.8, 4) is 0 Å². The minimum atomic E-state index is -4.71. The van der Waals surface area contributed by atoms with E-state index in [2.05, 4.69) is 42.7 Å². The second kappa shape index (κ2) is 38.8. The Morgan fingerprint density at radius 3 is 1.42 bits per heavy atom. The fourth-order valence-corrected chi connectivity index (χ4v) is 6.76. The lowest BCUT2D eigenvalue weighted by molar-refractivity contribution is -0.161. The van der Waals surface area contributed by atoms with Gasteiger partial charge in [0.1, 0.15) is 12.6 Å². The Hall–Kier alpha value is -2.04. The molecule has 0 bridgehead atoms. The molecule has 12 heteroatoms. The third-order valence-electron chi connectivity index (χ3n) is 9.45. The van der Waals surface area contributed by atoms with Crippen molar-refractivity contribution in [3.63, 3.8) is 0 Å². The average molecular weight is 802 g/mol. The maximum Gasteiger partial charge on any atom is 0.472 e. The van der Waals surface area contributed by atoms with Crippen LogP contribution in [0.15, 0.2) is 24.3 Å². The Morgan fingerprint density at radius 1 is 0.564 bits per heavy atom. The van der Waals surface area contributed by atoms with Crippen LogP contribution in [0.4, 0.5) is 0 Å². The number of rotatable bonds is 41. The quantitative estimate of drug-likeness (QED) is 0.0232. The number of hydrogen-bond acceptors (Lipinski definition) is 9. The number of carboxylic acid groups (broad SMARTS) is 1. The highest BCUT2D eigenvalue weighted by molar-refractivity contribution is 7.47. The minimum Gasteiger partial charge on any atom is -0.480 e. The summed E-state index contributed by atoms with van der Waals surface area (Å²) in [7, 11) is -4.71. The van der Waals surface area contributed by atoms with Crippen LogP contribution in [0.5, 0.6) is 0 Å². The summed E-state index contributed by atoms with van der Waals surface area (Å²) in [6.07, 6.45) is 39.6. The lowest BCUT2D eigenvalue weighted by Crippen LogP contribution is -2.34. The molecular weight excluding hydrogens is 721 g/mol. The first-order chi connectivity index (χ1) is 26.6. The Morgan fingerprint density at radius 2 is 0.964 bits per heavy atom. The largest absolute Gasteiger partial charge is 0.480 e. The van der Waals surface area contributed by atoms with Crippen molar-refractivity contribution < 1.29 is 47.5 Å². The van der Waals surface area contributed by atoms with Gasteiger partial charge in [-0.15, -0.1) is 0 Å². The molecule has 0 aliphatic rings. The maximum atomic E-state index is 12.6. The van der Waals surface area contributed by atoms with Crippen LogP contribution in [0.1, 0.15) is 200 Å². The fourth-order valence-electron chi connectivity index (χ4n) is 5.98. The first kappa shape index (κ1) is 53.0. The van der Waals surface area contributed by atoms with Gasteiger partial charge in [0, 0.05) is 12.8 Å². The van der Waals surface area contributed by atoms with Crippen LogP contribution >= 0.6 is 7.82 Å². The van der Waals surface area contributed by atoms with Gasteiger partial charge >= 0.3 is 25.7 Å². The van der Waals surface area contributed by atoms with Crippen molar-refractivity contribution in [2.75, 3.05) is 19.8 Å². The maximum absolute atomic E-state index is 12.6. The molecule has 0 rings (SSSR count). The normalized spacial score (nSPS) is 14.0. The summed E-state index contributed by atoms with van der Waals surface area (Å²) in [5.41, 5.74) is 5.33. The number of nitrogens with two attached hydrogens (primary N) is 1.